The average molecular weight is 292 g/mol. The molecular weight excluding hydrogens is 272 g/mol. The second-order valence-corrected chi connectivity index (χ2v) is 6.70. The minimum atomic E-state index is 0.206. The first-order valence-corrected chi connectivity index (χ1v) is 7.84. The zero-order chi connectivity index (χ0) is 15.3. The summed E-state index contributed by atoms with van der Waals surface area (Å²) in [5, 5.41) is 4.94. The summed E-state index contributed by atoms with van der Waals surface area (Å²) in [6.45, 7) is 7.16. The molecule has 0 radical (unpaired) electrons. The van der Waals surface area contributed by atoms with Crippen LogP contribution in [0.5, 0.6) is 11.5 Å². The van der Waals surface area contributed by atoms with Crippen LogP contribution >= 0.6 is 0 Å². The van der Waals surface area contributed by atoms with Crippen LogP contribution in [-0.2, 0) is 5.41 Å². The number of benzene rings is 3. The molecule has 0 amide bonds. The normalized spacial score (nSPS) is 14.0. The van der Waals surface area contributed by atoms with E-state index in [1.807, 2.05) is 0 Å². The van der Waals surface area contributed by atoms with Crippen molar-refractivity contribution >= 4 is 21.5 Å². The van der Waals surface area contributed by atoms with Gasteiger partial charge in [-0.1, -0.05) is 39.0 Å². The van der Waals surface area contributed by atoms with Crippen molar-refractivity contribution in [2.75, 3.05) is 6.79 Å². The molecule has 4 rings (SSSR count). The minimum Gasteiger partial charge on any atom is -0.454 e. The lowest BCUT2D eigenvalue weighted by Gasteiger charge is -2.23. The molecule has 0 bridgehead atoms. The highest BCUT2D eigenvalue weighted by molar-refractivity contribution is 5.99. The first kappa shape index (κ1) is 13.4. The maximum Gasteiger partial charge on any atom is 0.231 e. The molecule has 0 saturated carbocycles. The Morgan fingerprint density at radius 3 is 2.05 bits per heavy atom. The molecule has 0 atom stereocenters. The van der Waals surface area contributed by atoms with Gasteiger partial charge in [-0.05, 0) is 63.2 Å². The number of hydrogen-bond donors (Lipinski definition) is 0. The van der Waals surface area contributed by atoms with Crippen LogP contribution < -0.4 is 9.47 Å². The van der Waals surface area contributed by atoms with Crippen molar-refractivity contribution in [1.29, 1.82) is 0 Å². The molecule has 2 nitrogen and oxygen atoms in total. The Bertz CT molecular complexity index is 878. The molecular formula is C20H20O2. The van der Waals surface area contributed by atoms with Gasteiger partial charge in [0.05, 0.1) is 0 Å². The van der Waals surface area contributed by atoms with Crippen molar-refractivity contribution in [2.45, 2.75) is 32.6 Å². The second kappa shape index (κ2) is 4.64. The molecule has 112 valence electrons. The van der Waals surface area contributed by atoms with E-state index in [2.05, 4.69) is 63.2 Å². The van der Waals surface area contributed by atoms with Crippen LogP contribution in [0.1, 0.15) is 32.8 Å². The Hall–Kier alpha value is -2.22. The quantitative estimate of drug-likeness (QED) is 0.588. The van der Waals surface area contributed by atoms with E-state index in [-0.39, 0.29) is 5.41 Å². The number of ether oxygens (including phenoxy) is 2. The van der Waals surface area contributed by atoms with Crippen LogP contribution in [0.3, 0.4) is 0 Å². The van der Waals surface area contributed by atoms with E-state index in [1.165, 1.54) is 27.1 Å². The Balaban J connectivity index is 1.93. The molecule has 22 heavy (non-hydrogen) atoms. The predicted molar refractivity (Wildman–Crippen MR) is 90.9 cm³/mol. The standard InChI is InChI=1S/C20H20O2/c1-4-20(2,3)17-6-5-13-7-15-10-18-19(22-12-21-18)11-16(15)8-14(13)9-17/h5-11H,4,12H2,1-3H3. The molecule has 1 aliphatic heterocycles. The van der Waals surface area contributed by atoms with E-state index in [0.29, 0.717) is 6.79 Å². The maximum atomic E-state index is 5.49. The van der Waals surface area contributed by atoms with Crippen LogP contribution in [0.25, 0.3) is 21.5 Å². The maximum absolute atomic E-state index is 5.49. The summed E-state index contributed by atoms with van der Waals surface area (Å²) in [4.78, 5) is 0. The number of rotatable bonds is 2. The minimum absolute atomic E-state index is 0.206. The van der Waals surface area contributed by atoms with Crippen molar-refractivity contribution in [3.05, 3.63) is 48.0 Å². The van der Waals surface area contributed by atoms with Crippen molar-refractivity contribution in [2.24, 2.45) is 0 Å². The molecule has 0 N–H and O–H groups in total. The van der Waals surface area contributed by atoms with Gasteiger partial charge in [-0.25, -0.2) is 0 Å². The van der Waals surface area contributed by atoms with Gasteiger partial charge in [-0.2, -0.15) is 0 Å². The Morgan fingerprint density at radius 2 is 1.41 bits per heavy atom. The highest BCUT2D eigenvalue weighted by Crippen LogP contribution is 2.38. The van der Waals surface area contributed by atoms with Gasteiger partial charge in [0.2, 0.25) is 6.79 Å². The highest BCUT2D eigenvalue weighted by Gasteiger charge is 2.19. The van der Waals surface area contributed by atoms with Gasteiger partial charge in [-0.3, -0.25) is 0 Å². The smallest absolute Gasteiger partial charge is 0.231 e. The molecule has 2 heteroatoms. The summed E-state index contributed by atoms with van der Waals surface area (Å²) in [5.41, 5.74) is 1.60. The fourth-order valence-corrected chi connectivity index (χ4v) is 3.01. The summed E-state index contributed by atoms with van der Waals surface area (Å²) in [6.07, 6.45) is 1.13. The van der Waals surface area contributed by atoms with E-state index in [1.54, 1.807) is 0 Å². The highest BCUT2D eigenvalue weighted by atomic mass is 16.7. The SMILES string of the molecule is CCC(C)(C)c1ccc2cc3cc4c(cc3cc2c1)OCO4. The van der Waals surface area contributed by atoms with Crippen LogP contribution in [0.2, 0.25) is 0 Å². The van der Waals surface area contributed by atoms with Gasteiger partial charge in [0.25, 0.3) is 0 Å². The monoisotopic (exact) mass is 292 g/mol. The lowest BCUT2D eigenvalue weighted by atomic mass is 9.81. The molecule has 1 aliphatic rings. The van der Waals surface area contributed by atoms with Gasteiger partial charge in [0.15, 0.2) is 11.5 Å². The average Bonchev–Trinajstić information content (AvgIpc) is 2.97. The molecule has 3 aromatic rings. The largest absolute Gasteiger partial charge is 0.454 e. The number of hydrogen-bond acceptors (Lipinski definition) is 2. The third-order valence-electron chi connectivity index (χ3n) is 4.95. The van der Waals surface area contributed by atoms with Crippen LogP contribution in [0, 0.1) is 0 Å². The Kier molecular flexibility index (Phi) is 2.83. The molecule has 0 unspecified atom stereocenters. The van der Waals surface area contributed by atoms with Gasteiger partial charge < -0.3 is 9.47 Å². The summed E-state index contributed by atoms with van der Waals surface area (Å²) in [7, 11) is 0. The van der Waals surface area contributed by atoms with E-state index in [4.69, 9.17) is 9.47 Å². The van der Waals surface area contributed by atoms with E-state index >= 15 is 0 Å². The fourth-order valence-electron chi connectivity index (χ4n) is 3.01. The van der Waals surface area contributed by atoms with Gasteiger partial charge in [0.1, 0.15) is 0 Å². The topological polar surface area (TPSA) is 18.5 Å². The van der Waals surface area contributed by atoms with E-state index in [0.717, 1.165) is 17.9 Å². The van der Waals surface area contributed by atoms with Crippen molar-refractivity contribution in [3.8, 4) is 11.5 Å². The van der Waals surface area contributed by atoms with E-state index in [9.17, 15) is 0 Å². The third-order valence-corrected chi connectivity index (χ3v) is 4.95. The molecule has 1 heterocycles. The molecule has 0 aliphatic carbocycles. The molecule has 0 aromatic heterocycles. The first-order chi connectivity index (χ1) is 10.6. The van der Waals surface area contributed by atoms with Crippen LogP contribution in [-0.4, -0.2) is 6.79 Å². The predicted octanol–water partition coefficient (Wildman–Crippen LogP) is 5.41. The number of fused-ring (bicyclic) bond motifs is 3. The van der Waals surface area contributed by atoms with Gasteiger partial charge in [-0.15, -0.1) is 0 Å². The third kappa shape index (κ3) is 2.02. The fraction of sp³-hybridized carbons (Fsp3) is 0.300. The van der Waals surface area contributed by atoms with Gasteiger partial charge >= 0.3 is 0 Å². The zero-order valence-corrected chi connectivity index (χ0v) is 13.3. The van der Waals surface area contributed by atoms with E-state index < -0.39 is 0 Å². The second-order valence-electron chi connectivity index (χ2n) is 6.70. The van der Waals surface area contributed by atoms with Crippen molar-refractivity contribution < 1.29 is 9.47 Å². The molecule has 0 fully saturated rings. The van der Waals surface area contributed by atoms with Gasteiger partial charge in [0, 0.05) is 0 Å². The molecule has 3 aromatic carbocycles. The first-order valence-electron chi connectivity index (χ1n) is 7.84. The molecule has 0 saturated heterocycles. The van der Waals surface area contributed by atoms with Crippen molar-refractivity contribution in [3.63, 3.8) is 0 Å². The summed E-state index contributed by atoms with van der Waals surface area (Å²) >= 11 is 0. The molecule has 0 spiro atoms. The Labute approximate surface area is 130 Å². The lowest BCUT2D eigenvalue weighted by molar-refractivity contribution is 0.174. The lowest BCUT2D eigenvalue weighted by Crippen LogP contribution is -2.15. The van der Waals surface area contributed by atoms with Crippen LogP contribution in [0.15, 0.2) is 42.5 Å². The Morgan fingerprint density at radius 1 is 0.818 bits per heavy atom. The summed E-state index contributed by atoms with van der Waals surface area (Å²) in [5.74, 6) is 1.69. The summed E-state index contributed by atoms with van der Waals surface area (Å²) < 4.78 is 11.0. The summed E-state index contributed by atoms with van der Waals surface area (Å²) in [6, 6.07) is 15.4. The van der Waals surface area contributed by atoms with Crippen molar-refractivity contribution in [1.82, 2.24) is 0 Å². The zero-order valence-electron chi connectivity index (χ0n) is 13.3. The van der Waals surface area contributed by atoms with Crippen LogP contribution in [0.4, 0.5) is 0 Å².